The maximum Gasteiger partial charge on any atom is 0.0636 e. The standard InChI is InChI=1S/C17H26O/c1-2-3-5-12-16(18)17(13-8-9-14-17)15-10-6-4-7-11-15/h4,6-7,10-11,16,18H,2-3,5,8-9,12-14H2,1H3. The number of aliphatic hydroxyl groups is 1. The molecule has 1 unspecified atom stereocenters. The molecule has 0 aromatic heterocycles. The van der Waals surface area contributed by atoms with Crippen molar-refractivity contribution in [3.8, 4) is 0 Å². The van der Waals surface area contributed by atoms with Gasteiger partial charge in [0.25, 0.3) is 0 Å². The van der Waals surface area contributed by atoms with E-state index in [2.05, 4.69) is 37.3 Å². The molecule has 0 aliphatic heterocycles. The Bertz CT molecular complexity index is 338. The zero-order chi connectivity index (χ0) is 12.8. The lowest BCUT2D eigenvalue weighted by atomic mass is 9.72. The van der Waals surface area contributed by atoms with E-state index in [0.717, 1.165) is 25.7 Å². The van der Waals surface area contributed by atoms with Gasteiger partial charge in [-0.2, -0.15) is 0 Å². The number of rotatable bonds is 6. The van der Waals surface area contributed by atoms with Crippen LogP contribution in [0.4, 0.5) is 0 Å². The van der Waals surface area contributed by atoms with E-state index in [1.165, 1.54) is 31.2 Å². The van der Waals surface area contributed by atoms with Gasteiger partial charge in [-0.15, -0.1) is 0 Å². The van der Waals surface area contributed by atoms with Crippen LogP contribution in [-0.4, -0.2) is 11.2 Å². The molecule has 1 saturated carbocycles. The van der Waals surface area contributed by atoms with Crippen LogP contribution < -0.4 is 0 Å². The Morgan fingerprint density at radius 2 is 1.78 bits per heavy atom. The van der Waals surface area contributed by atoms with E-state index in [9.17, 15) is 5.11 Å². The second kappa shape index (κ2) is 6.38. The van der Waals surface area contributed by atoms with Gasteiger partial charge in [0.2, 0.25) is 0 Å². The zero-order valence-electron chi connectivity index (χ0n) is 11.6. The van der Waals surface area contributed by atoms with Crippen LogP contribution in [0.1, 0.15) is 63.9 Å². The number of benzene rings is 1. The Hall–Kier alpha value is -0.820. The average Bonchev–Trinajstić information content (AvgIpc) is 2.90. The summed E-state index contributed by atoms with van der Waals surface area (Å²) in [6, 6.07) is 10.7. The summed E-state index contributed by atoms with van der Waals surface area (Å²) in [7, 11) is 0. The minimum Gasteiger partial charge on any atom is -0.392 e. The first kappa shape index (κ1) is 13.6. The van der Waals surface area contributed by atoms with E-state index in [1.54, 1.807) is 0 Å². The maximum absolute atomic E-state index is 10.7. The summed E-state index contributed by atoms with van der Waals surface area (Å²) in [6.45, 7) is 2.22. The monoisotopic (exact) mass is 246 g/mol. The lowest BCUT2D eigenvalue weighted by molar-refractivity contribution is 0.0719. The highest BCUT2D eigenvalue weighted by Crippen LogP contribution is 2.45. The predicted molar refractivity (Wildman–Crippen MR) is 76.7 cm³/mol. The third-order valence-corrected chi connectivity index (χ3v) is 4.56. The van der Waals surface area contributed by atoms with Crippen molar-refractivity contribution in [3.05, 3.63) is 35.9 Å². The molecule has 1 aliphatic carbocycles. The summed E-state index contributed by atoms with van der Waals surface area (Å²) < 4.78 is 0. The lowest BCUT2D eigenvalue weighted by Gasteiger charge is -2.35. The van der Waals surface area contributed by atoms with Crippen LogP contribution in [0.5, 0.6) is 0 Å². The minimum atomic E-state index is -0.158. The van der Waals surface area contributed by atoms with Crippen LogP contribution in [-0.2, 0) is 5.41 Å². The smallest absolute Gasteiger partial charge is 0.0636 e. The summed E-state index contributed by atoms with van der Waals surface area (Å²) in [6.07, 6.45) is 9.27. The Kier molecular flexibility index (Phi) is 4.82. The van der Waals surface area contributed by atoms with E-state index < -0.39 is 0 Å². The number of hydrogen-bond acceptors (Lipinski definition) is 1. The molecule has 1 nitrogen and oxygen atoms in total. The predicted octanol–water partition coefficient (Wildman–Crippen LogP) is 4.44. The normalized spacial score (nSPS) is 19.9. The molecular weight excluding hydrogens is 220 g/mol. The van der Waals surface area contributed by atoms with Crippen LogP contribution in [0.2, 0.25) is 0 Å². The largest absolute Gasteiger partial charge is 0.392 e. The molecule has 0 heterocycles. The third-order valence-electron chi connectivity index (χ3n) is 4.56. The van der Waals surface area contributed by atoms with E-state index in [4.69, 9.17) is 0 Å². The molecule has 1 heteroatoms. The van der Waals surface area contributed by atoms with E-state index >= 15 is 0 Å². The van der Waals surface area contributed by atoms with Gasteiger partial charge in [0, 0.05) is 5.41 Å². The molecule has 0 amide bonds. The molecule has 1 atom stereocenters. The van der Waals surface area contributed by atoms with Crippen molar-refractivity contribution in [1.29, 1.82) is 0 Å². The van der Waals surface area contributed by atoms with Crippen molar-refractivity contribution in [2.45, 2.75) is 69.8 Å². The summed E-state index contributed by atoms with van der Waals surface area (Å²) in [4.78, 5) is 0. The fourth-order valence-corrected chi connectivity index (χ4v) is 3.45. The van der Waals surface area contributed by atoms with Crippen LogP contribution in [0.15, 0.2) is 30.3 Å². The highest BCUT2D eigenvalue weighted by molar-refractivity contribution is 5.28. The van der Waals surface area contributed by atoms with Crippen molar-refractivity contribution in [3.63, 3.8) is 0 Å². The maximum atomic E-state index is 10.7. The highest BCUT2D eigenvalue weighted by Gasteiger charge is 2.41. The van der Waals surface area contributed by atoms with E-state index in [0.29, 0.717) is 0 Å². The van der Waals surface area contributed by atoms with Gasteiger partial charge in [0.1, 0.15) is 0 Å². The number of unbranched alkanes of at least 4 members (excludes halogenated alkanes) is 2. The topological polar surface area (TPSA) is 20.2 Å². The number of aliphatic hydroxyl groups excluding tert-OH is 1. The van der Waals surface area contributed by atoms with Crippen molar-refractivity contribution >= 4 is 0 Å². The van der Waals surface area contributed by atoms with E-state index in [-0.39, 0.29) is 11.5 Å². The Morgan fingerprint density at radius 3 is 2.39 bits per heavy atom. The number of hydrogen-bond donors (Lipinski definition) is 1. The van der Waals surface area contributed by atoms with Gasteiger partial charge in [-0.25, -0.2) is 0 Å². The van der Waals surface area contributed by atoms with Gasteiger partial charge in [0.15, 0.2) is 0 Å². The molecule has 1 aromatic rings. The molecule has 0 saturated heterocycles. The summed E-state index contributed by atoms with van der Waals surface area (Å²) >= 11 is 0. The van der Waals surface area contributed by atoms with Crippen LogP contribution in [0.3, 0.4) is 0 Å². The Labute approximate surface area is 111 Å². The first-order valence-electron chi connectivity index (χ1n) is 7.53. The Balaban J connectivity index is 2.12. The molecule has 1 aliphatic rings. The molecular formula is C17H26O. The van der Waals surface area contributed by atoms with Gasteiger partial charge in [-0.05, 0) is 24.8 Å². The van der Waals surface area contributed by atoms with Crippen LogP contribution in [0, 0.1) is 0 Å². The van der Waals surface area contributed by atoms with Crippen molar-refractivity contribution < 1.29 is 5.11 Å². The SMILES string of the molecule is CCCCCC(O)C1(c2ccccc2)CCCC1. The lowest BCUT2D eigenvalue weighted by Crippen LogP contribution is -2.37. The summed E-state index contributed by atoms with van der Waals surface area (Å²) in [5, 5.41) is 10.7. The van der Waals surface area contributed by atoms with Gasteiger partial charge in [-0.3, -0.25) is 0 Å². The quantitative estimate of drug-likeness (QED) is 0.736. The van der Waals surface area contributed by atoms with Gasteiger partial charge < -0.3 is 5.11 Å². The van der Waals surface area contributed by atoms with Crippen molar-refractivity contribution in [2.75, 3.05) is 0 Å². The molecule has 0 radical (unpaired) electrons. The first-order valence-corrected chi connectivity index (χ1v) is 7.53. The fourth-order valence-electron chi connectivity index (χ4n) is 3.45. The summed E-state index contributed by atoms with van der Waals surface area (Å²) in [5.74, 6) is 0. The average molecular weight is 246 g/mol. The summed E-state index contributed by atoms with van der Waals surface area (Å²) in [5.41, 5.74) is 1.40. The molecule has 2 rings (SSSR count). The second-order valence-electron chi connectivity index (χ2n) is 5.74. The van der Waals surface area contributed by atoms with Gasteiger partial charge in [-0.1, -0.05) is 69.4 Å². The molecule has 1 fully saturated rings. The molecule has 1 aromatic carbocycles. The highest BCUT2D eigenvalue weighted by atomic mass is 16.3. The third kappa shape index (κ3) is 2.77. The van der Waals surface area contributed by atoms with E-state index in [1.807, 2.05) is 0 Å². The molecule has 18 heavy (non-hydrogen) atoms. The van der Waals surface area contributed by atoms with Gasteiger partial charge >= 0.3 is 0 Å². The first-order chi connectivity index (χ1) is 8.79. The molecule has 0 spiro atoms. The van der Waals surface area contributed by atoms with Crippen LogP contribution >= 0.6 is 0 Å². The zero-order valence-corrected chi connectivity index (χ0v) is 11.6. The molecule has 0 bridgehead atoms. The van der Waals surface area contributed by atoms with Crippen LogP contribution in [0.25, 0.3) is 0 Å². The van der Waals surface area contributed by atoms with Gasteiger partial charge in [0.05, 0.1) is 6.10 Å². The van der Waals surface area contributed by atoms with Crippen molar-refractivity contribution in [2.24, 2.45) is 0 Å². The molecule has 100 valence electrons. The second-order valence-corrected chi connectivity index (χ2v) is 5.74. The Morgan fingerprint density at radius 1 is 1.11 bits per heavy atom. The molecule has 1 N–H and O–H groups in total. The van der Waals surface area contributed by atoms with Crippen molar-refractivity contribution in [1.82, 2.24) is 0 Å². The minimum absolute atomic E-state index is 0.0506. The fraction of sp³-hybridized carbons (Fsp3) is 0.647.